The fourth-order valence-corrected chi connectivity index (χ4v) is 2.18. The Morgan fingerprint density at radius 3 is 0.952 bits per heavy atom. The first kappa shape index (κ1) is 15.1. The molecular formula is C19H21NSi. The van der Waals surface area contributed by atoms with Gasteiger partial charge in [0, 0.05) is 17.1 Å². The van der Waals surface area contributed by atoms with Gasteiger partial charge in [0.05, 0.1) is 0 Å². The minimum absolute atomic E-state index is 1.17. The zero-order chi connectivity index (χ0) is 14.9. The highest BCUT2D eigenvalue weighted by Crippen LogP contribution is 2.33. The van der Waals surface area contributed by atoms with Crippen LogP contribution in [0.3, 0.4) is 0 Å². The lowest BCUT2D eigenvalue weighted by Gasteiger charge is -2.25. The standard InChI is InChI=1S/C18H15N.CH6Si/c1-4-10-16(11-5-1)19(17-12-6-2-7-13-17)18-14-8-3-9-15-18;1-2/h1-15H;1-2H3. The third-order valence-electron chi connectivity index (χ3n) is 3.04. The first-order chi connectivity index (χ1) is 10.4. The monoisotopic (exact) mass is 291 g/mol. The van der Waals surface area contributed by atoms with Crippen molar-refractivity contribution in [2.75, 3.05) is 4.90 Å². The molecule has 0 radical (unpaired) electrons. The topological polar surface area (TPSA) is 3.24 Å². The predicted octanol–water partition coefficient (Wildman–Crippen LogP) is 4.56. The number of benzene rings is 3. The molecule has 106 valence electrons. The molecule has 0 aliphatic rings. The van der Waals surface area contributed by atoms with E-state index in [9.17, 15) is 0 Å². The fraction of sp³-hybridized carbons (Fsp3) is 0.0526. The Balaban J connectivity index is 0.000000774. The summed E-state index contributed by atoms with van der Waals surface area (Å²) in [6.45, 7) is 2.14. The largest absolute Gasteiger partial charge is 0.311 e. The van der Waals surface area contributed by atoms with Crippen LogP contribution in [0.5, 0.6) is 0 Å². The summed E-state index contributed by atoms with van der Waals surface area (Å²) < 4.78 is 0. The normalized spacial score (nSPS) is 9.57. The van der Waals surface area contributed by atoms with Crippen LogP contribution in [0.2, 0.25) is 6.55 Å². The van der Waals surface area contributed by atoms with Gasteiger partial charge in [0.1, 0.15) is 0 Å². The van der Waals surface area contributed by atoms with Crippen molar-refractivity contribution in [2.45, 2.75) is 6.55 Å². The van der Waals surface area contributed by atoms with E-state index in [1.54, 1.807) is 0 Å². The molecular weight excluding hydrogens is 270 g/mol. The Labute approximate surface area is 130 Å². The molecule has 3 aromatic rings. The second-order valence-electron chi connectivity index (χ2n) is 4.34. The van der Waals surface area contributed by atoms with Gasteiger partial charge in [-0.25, -0.2) is 0 Å². The number of para-hydroxylation sites is 3. The summed E-state index contributed by atoms with van der Waals surface area (Å²) in [5, 5.41) is 0. The molecule has 0 amide bonds. The van der Waals surface area contributed by atoms with Crippen molar-refractivity contribution in [1.29, 1.82) is 0 Å². The fourth-order valence-electron chi connectivity index (χ4n) is 2.18. The van der Waals surface area contributed by atoms with Crippen molar-refractivity contribution in [3.63, 3.8) is 0 Å². The number of anilines is 3. The van der Waals surface area contributed by atoms with Gasteiger partial charge < -0.3 is 4.90 Å². The van der Waals surface area contributed by atoms with Crippen LogP contribution in [0.4, 0.5) is 17.1 Å². The van der Waals surface area contributed by atoms with Gasteiger partial charge >= 0.3 is 0 Å². The Bertz CT molecular complexity index is 530. The number of hydrogen-bond acceptors (Lipinski definition) is 1. The van der Waals surface area contributed by atoms with Crippen LogP contribution in [0, 0.1) is 0 Å². The number of hydrogen-bond donors (Lipinski definition) is 0. The zero-order valence-electron chi connectivity index (χ0n) is 12.6. The maximum atomic E-state index is 2.25. The van der Waals surface area contributed by atoms with Crippen molar-refractivity contribution in [1.82, 2.24) is 0 Å². The first-order valence-corrected chi connectivity index (χ1v) is 9.40. The van der Waals surface area contributed by atoms with E-state index in [1.165, 1.54) is 27.3 Å². The van der Waals surface area contributed by atoms with Crippen LogP contribution in [0.25, 0.3) is 0 Å². The van der Waals surface area contributed by atoms with E-state index in [0.29, 0.717) is 0 Å². The van der Waals surface area contributed by atoms with Gasteiger partial charge in [-0.1, -0.05) is 61.1 Å². The summed E-state index contributed by atoms with van der Waals surface area (Å²) in [5.74, 6) is 0. The molecule has 21 heavy (non-hydrogen) atoms. The Hall–Kier alpha value is -2.32. The predicted molar refractivity (Wildman–Crippen MR) is 96.9 cm³/mol. The smallest absolute Gasteiger partial charge is 0.0461 e. The van der Waals surface area contributed by atoms with Crippen molar-refractivity contribution in [3.05, 3.63) is 91.0 Å². The van der Waals surface area contributed by atoms with E-state index in [2.05, 4.69) is 84.2 Å². The molecule has 0 unspecified atom stereocenters. The molecule has 1 nitrogen and oxygen atoms in total. The summed E-state index contributed by atoms with van der Waals surface area (Å²) in [5.41, 5.74) is 3.50. The van der Waals surface area contributed by atoms with Gasteiger partial charge in [-0.2, -0.15) is 0 Å². The van der Waals surface area contributed by atoms with Crippen LogP contribution < -0.4 is 4.90 Å². The average molecular weight is 291 g/mol. The molecule has 2 heteroatoms. The molecule has 0 aliphatic carbocycles. The number of nitrogens with zero attached hydrogens (tertiary/aromatic N) is 1. The molecule has 0 aromatic heterocycles. The molecule has 3 aromatic carbocycles. The van der Waals surface area contributed by atoms with Gasteiger partial charge in [-0.3, -0.25) is 0 Å². The first-order valence-electron chi connectivity index (χ1n) is 7.40. The quantitative estimate of drug-likeness (QED) is 0.640. The van der Waals surface area contributed by atoms with Crippen LogP contribution in [-0.2, 0) is 0 Å². The Morgan fingerprint density at radius 1 is 0.476 bits per heavy atom. The Kier molecular flexibility index (Phi) is 5.79. The number of rotatable bonds is 3. The van der Waals surface area contributed by atoms with Crippen LogP contribution in [0.1, 0.15) is 0 Å². The zero-order valence-corrected chi connectivity index (χ0v) is 14.6. The summed E-state index contributed by atoms with van der Waals surface area (Å²) in [7, 11) is 1.31. The van der Waals surface area contributed by atoms with Gasteiger partial charge in [0.2, 0.25) is 0 Å². The third-order valence-corrected chi connectivity index (χ3v) is 3.04. The highest BCUT2D eigenvalue weighted by Gasteiger charge is 2.10. The van der Waals surface area contributed by atoms with Crippen molar-refractivity contribution in [2.24, 2.45) is 0 Å². The van der Waals surface area contributed by atoms with Gasteiger partial charge in [0.25, 0.3) is 0 Å². The minimum Gasteiger partial charge on any atom is -0.311 e. The molecule has 0 atom stereocenters. The van der Waals surface area contributed by atoms with E-state index >= 15 is 0 Å². The lowest BCUT2D eigenvalue weighted by atomic mass is 10.2. The maximum absolute atomic E-state index is 2.25. The van der Waals surface area contributed by atoms with Gasteiger partial charge in [0.15, 0.2) is 0 Å². The van der Waals surface area contributed by atoms with Crippen molar-refractivity contribution in [3.8, 4) is 0 Å². The third kappa shape index (κ3) is 3.83. The van der Waals surface area contributed by atoms with Crippen molar-refractivity contribution < 1.29 is 0 Å². The maximum Gasteiger partial charge on any atom is 0.0461 e. The van der Waals surface area contributed by atoms with E-state index in [1.807, 2.05) is 18.2 Å². The van der Waals surface area contributed by atoms with Crippen LogP contribution in [-0.4, -0.2) is 10.2 Å². The lowest BCUT2D eigenvalue weighted by molar-refractivity contribution is 1.28. The van der Waals surface area contributed by atoms with E-state index in [0.717, 1.165) is 0 Å². The molecule has 0 bridgehead atoms. The molecule has 0 N–H and O–H groups in total. The molecule has 0 aliphatic heterocycles. The summed E-state index contributed by atoms with van der Waals surface area (Å²) >= 11 is 0. The minimum atomic E-state index is 1.17. The average Bonchev–Trinajstić information content (AvgIpc) is 2.60. The molecule has 0 saturated heterocycles. The van der Waals surface area contributed by atoms with E-state index in [4.69, 9.17) is 0 Å². The van der Waals surface area contributed by atoms with Crippen molar-refractivity contribution >= 4 is 27.3 Å². The second kappa shape index (κ2) is 8.07. The summed E-state index contributed by atoms with van der Waals surface area (Å²) in [6, 6.07) is 31.3. The summed E-state index contributed by atoms with van der Waals surface area (Å²) in [4.78, 5) is 2.25. The Morgan fingerprint density at radius 2 is 0.714 bits per heavy atom. The molecule has 3 rings (SSSR count). The SMILES string of the molecule is C[SiH3].c1ccc(N(c2ccccc2)c2ccccc2)cc1. The highest BCUT2D eigenvalue weighted by atomic mass is 28.1. The van der Waals surface area contributed by atoms with Gasteiger partial charge in [-0.05, 0) is 46.6 Å². The molecule has 0 fully saturated rings. The van der Waals surface area contributed by atoms with E-state index in [-0.39, 0.29) is 0 Å². The van der Waals surface area contributed by atoms with Gasteiger partial charge in [-0.15, -0.1) is 0 Å². The second-order valence-corrected chi connectivity index (χ2v) is 4.34. The van der Waals surface area contributed by atoms with E-state index < -0.39 is 0 Å². The summed E-state index contributed by atoms with van der Waals surface area (Å²) in [6.07, 6.45) is 0. The van der Waals surface area contributed by atoms with Crippen LogP contribution in [0.15, 0.2) is 91.0 Å². The molecule has 0 saturated carbocycles. The highest BCUT2D eigenvalue weighted by molar-refractivity contribution is 6.05. The molecule has 0 heterocycles. The molecule has 0 spiro atoms. The van der Waals surface area contributed by atoms with Crippen LogP contribution >= 0.6 is 0 Å². The lowest BCUT2D eigenvalue weighted by Crippen LogP contribution is -2.09.